The number of benzene rings is 2. The SMILES string of the molecule is O=C1N(CN2CCN(c3ccccc3)CC2)c2ccccc2C12OCC1(CO2)CC2C=CC1C2. The first kappa shape index (κ1) is 20.7. The van der Waals surface area contributed by atoms with Crippen molar-refractivity contribution in [1.82, 2.24) is 4.90 Å². The van der Waals surface area contributed by atoms with Crippen LogP contribution in [0.15, 0.2) is 66.7 Å². The number of amides is 1. The number of carbonyl (C=O) groups excluding carboxylic acids is 1. The summed E-state index contributed by atoms with van der Waals surface area (Å²) in [4.78, 5) is 20.5. The van der Waals surface area contributed by atoms with Gasteiger partial charge in [0.15, 0.2) is 0 Å². The van der Waals surface area contributed by atoms with Crippen LogP contribution in [-0.2, 0) is 20.1 Å². The van der Waals surface area contributed by atoms with E-state index in [-0.39, 0.29) is 11.3 Å². The Morgan fingerprint density at radius 1 is 0.882 bits per heavy atom. The van der Waals surface area contributed by atoms with Gasteiger partial charge < -0.3 is 14.4 Å². The summed E-state index contributed by atoms with van der Waals surface area (Å²) in [5.41, 5.74) is 3.07. The Balaban J connectivity index is 1.08. The van der Waals surface area contributed by atoms with E-state index in [0.717, 1.165) is 43.9 Å². The lowest BCUT2D eigenvalue weighted by Gasteiger charge is -2.45. The molecule has 5 aliphatic rings. The molecule has 3 aliphatic heterocycles. The summed E-state index contributed by atoms with van der Waals surface area (Å²) in [5, 5.41) is 0. The van der Waals surface area contributed by atoms with Gasteiger partial charge >= 0.3 is 0 Å². The van der Waals surface area contributed by atoms with Crippen LogP contribution in [0.1, 0.15) is 18.4 Å². The summed E-state index contributed by atoms with van der Waals surface area (Å²) in [6.07, 6.45) is 6.99. The third-order valence-electron chi connectivity index (χ3n) is 8.66. The van der Waals surface area contributed by atoms with Crippen molar-refractivity contribution in [3.8, 4) is 0 Å². The van der Waals surface area contributed by atoms with Crippen LogP contribution < -0.4 is 9.80 Å². The molecule has 2 aromatic carbocycles. The molecule has 0 aromatic heterocycles. The van der Waals surface area contributed by atoms with E-state index in [1.807, 2.05) is 29.2 Å². The summed E-state index contributed by atoms with van der Waals surface area (Å²) in [6, 6.07) is 18.6. The first-order chi connectivity index (χ1) is 16.7. The second-order valence-electron chi connectivity index (χ2n) is 10.6. The van der Waals surface area contributed by atoms with Crippen molar-refractivity contribution in [3.05, 3.63) is 72.3 Å². The molecule has 34 heavy (non-hydrogen) atoms. The number of ether oxygens (including phenoxy) is 2. The molecular weight excluding hydrogens is 426 g/mol. The molecule has 6 heteroatoms. The minimum absolute atomic E-state index is 0.0288. The smallest absolute Gasteiger partial charge is 0.293 e. The summed E-state index contributed by atoms with van der Waals surface area (Å²) in [6.45, 7) is 5.45. The number of rotatable bonds is 3. The lowest BCUT2D eigenvalue weighted by molar-refractivity contribution is -0.295. The highest BCUT2D eigenvalue weighted by Crippen LogP contribution is 2.57. The number of nitrogens with zero attached hydrogens (tertiary/aromatic N) is 3. The van der Waals surface area contributed by atoms with E-state index in [4.69, 9.17) is 9.47 Å². The molecule has 0 radical (unpaired) electrons. The van der Waals surface area contributed by atoms with E-state index < -0.39 is 5.79 Å². The van der Waals surface area contributed by atoms with Gasteiger partial charge in [-0.15, -0.1) is 0 Å². The van der Waals surface area contributed by atoms with Crippen LogP contribution in [0.3, 0.4) is 0 Å². The van der Waals surface area contributed by atoms with Gasteiger partial charge in [0.05, 0.1) is 25.6 Å². The highest BCUT2D eigenvalue weighted by molar-refractivity contribution is 6.06. The van der Waals surface area contributed by atoms with Crippen LogP contribution in [0.4, 0.5) is 11.4 Å². The molecule has 1 amide bonds. The predicted molar refractivity (Wildman–Crippen MR) is 130 cm³/mol. The van der Waals surface area contributed by atoms with E-state index in [0.29, 0.717) is 31.7 Å². The van der Waals surface area contributed by atoms with Crippen molar-refractivity contribution < 1.29 is 14.3 Å². The second kappa shape index (κ2) is 7.67. The van der Waals surface area contributed by atoms with E-state index in [1.165, 1.54) is 12.1 Å². The van der Waals surface area contributed by atoms with Crippen LogP contribution in [0.5, 0.6) is 0 Å². The Morgan fingerprint density at radius 2 is 1.62 bits per heavy atom. The maximum atomic E-state index is 13.9. The molecular formula is C28H31N3O3. The van der Waals surface area contributed by atoms with Crippen LogP contribution in [0, 0.1) is 17.3 Å². The summed E-state index contributed by atoms with van der Waals surface area (Å²) in [5.74, 6) is -0.214. The lowest BCUT2D eigenvalue weighted by atomic mass is 9.76. The molecule has 2 aliphatic carbocycles. The van der Waals surface area contributed by atoms with Gasteiger partial charge in [-0.25, -0.2) is 0 Å². The van der Waals surface area contributed by atoms with Crippen molar-refractivity contribution in [1.29, 1.82) is 0 Å². The fourth-order valence-corrected chi connectivity index (χ4v) is 6.75. The third kappa shape index (κ3) is 3.02. The maximum absolute atomic E-state index is 13.9. The first-order valence-corrected chi connectivity index (χ1v) is 12.6. The molecule has 7 rings (SSSR count). The zero-order valence-electron chi connectivity index (χ0n) is 19.4. The van der Waals surface area contributed by atoms with Crippen LogP contribution in [-0.4, -0.2) is 56.9 Å². The van der Waals surface area contributed by atoms with Crippen molar-refractivity contribution >= 4 is 17.3 Å². The average molecular weight is 458 g/mol. The van der Waals surface area contributed by atoms with Gasteiger partial charge in [0.1, 0.15) is 0 Å². The van der Waals surface area contributed by atoms with Crippen LogP contribution >= 0.6 is 0 Å². The molecule has 2 spiro atoms. The number of hydrogen-bond acceptors (Lipinski definition) is 5. The number of allylic oxidation sites excluding steroid dienone is 2. The largest absolute Gasteiger partial charge is 0.369 e. The summed E-state index contributed by atoms with van der Waals surface area (Å²) in [7, 11) is 0. The van der Waals surface area contributed by atoms with Crippen LogP contribution in [0.2, 0.25) is 0 Å². The first-order valence-electron chi connectivity index (χ1n) is 12.6. The molecule has 2 bridgehead atoms. The van der Waals surface area contributed by atoms with E-state index in [9.17, 15) is 4.79 Å². The summed E-state index contributed by atoms with van der Waals surface area (Å²) < 4.78 is 13.0. The number of fused-ring (bicyclic) bond motifs is 5. The Kier molecular flexibility index (Phi) is 4.66. The Hall–Kier alpha value is -2.67. The molecule has 1 saturated carbocycles. The molecule has 2 saturated heterocycles. The van der Waals surface area contributed by atoms with Crippen molar-refractivity contribution in [2.75, 3.05) is 55.9 Å². The fraction of sp³-hybridized carbons (Fsp3) is 0.464. The Morgan fingerprint density at radius 3 is 2.32 bits per heavy atom. The monoisotopic (exact) mass is 457 g/mol. The number of piperazine rings is 1. The van der Waals surface area contributed by atoms with Gasteiger partial charge in [0, 0.05) is 42.8 Å². The molecule has 6 nitrogen and oxygen atoms in total. The Labute approximate surface area is 200 Å². The number of carbonyl (C=O) groups is 1. The summed E-state index contributed by atoms with van der Waals surface area (Å²) >= 11 is 0. The normalized spacial score (nSPS) is 34.5. The topological polar surface area (TPSA) is 45.3 Å². The molecule has 2 unspecified atom stereocenters. The molecule has 3 fully saturated rings. The minimum atomic E-state index is -1.29. The van der Waals surface area contributed by atoms with Gasteiger partial charge in [-0.3, -0.25) is 14.6 Å². The fourth-order valence-electron chi connectivity index (χ4n) is 6.75. The van der Waals surface area contributed by atoms with Gasteiger partial charge in [-0.05, 0) is 42.9 Å². The van der Waals surface area contributed by atoms with Crippen molar-refractivity contribution in [2.45, 2.75) is 18.6 Å². The Bertz CT molecular complexity index is 1120. The molecule has 2 atom stereocenters. The van der Waals surface area contributed by atoms with Crippen molar-refractivity contribution in [2.24, 2.45) is 17.3 Å². The molecule has 3 heterocycles. The van der Waals surface area contributed by atoms with E-state index in [1.54, 1.807) is 0 Å². The molecule has 0 N–H and O–H groups in total. The van der Waals surface area contributed by atoms with E-state index in [2.05, 4.69) is 52.3 Å². The van der Waals surface area contributed by atoms with Crippen LogP contribution in [0.25, 0.3) is 0 Å². The van der Waals surface area contributed by atoms with Gasteiger partial charge in [-0.2, -0.15) is 0 Å². The quantitative estimate of drug-likeness (QED) is 0.659. The zero-order valence-corrected chi connectivity index (χ0v) is 19.4. The van der Waals surface area contributed by atoms with Crippen molar-refractivity contribution in [3.63, 3.8) is 0 Å². The maximum Gasteiger partial charge on any atom is 0.293 e. The predicted octanol–water partition coefficient (Wildman–Crippen LogP) is 3.59. The highest BCUT2D eigenvalue weighted by atomic mass is 16.7. The minimum Gasteiger partial charge on any atom is -0.369 e. The standard InChI is InChI=1S/C28H31N3O3/c32-26-28(33-18-27(19-34-28)17-21-10-11-22(27)16-21)24-8-4-5-9-25(24)31(26)20-29-12-14-30(15-13-29)23-6-2-1-3-7-23/h1-11,21-22H,12-20H2. The number of anilines is 2. The molecule has 176 valence electrons. The third-order valence-corrected chi connectivity index (χ3v) is 8.66. The van der Waals surface area contributed by atoms with Gasteiger partial charge in [0.25, 0.3) is 11.7 Å². The lowest BCUT2D eigenvalue weighted by Crippen LogP contribution is -2.56. The van der Waals surface area contributed by atoms with E-state index >= 15 is 0 Å². The highest BCUT2D eigenvalue weighted by Gasteiger charge is 2.61. The zero-order chi connectivity index (χ0) is 22.8. The number of para-hydroxylation sites is 2. The van der Waals surface area contributed by atoms with Gasteiger partial charge in [-0.1, -0.05) is 48.6 Å². The number of hydrogen-bond donors (Lipinski definition) is 0. The second-order valence-corrected chi connectivity index (χ2v) is 10.6. The molecule has 2 aromatic rings. The average Bonchev–Trinajstić information content (AvgIpc) is 3.55. The van der Waals surface area contributed by atoms with Gasteiger partial charge in [0.2, 0.25) is 0 Å².